The van der Waals surface area contributed by atoms with Crippen molar-refractivity contribution in [1.29, 1.82) is 0 Å². The fraction of sp³-hybridized carbons (Fsp3) is 0.278. The Kier molecular flexibility index (Phi) is 5.50. The number of rotatable bonds is 5. The van der Waals surface area contributed by atoms with E-state index in [4.69, 9.17) is 21.1 Å². The lowest BCUT2D eigenvalue weighted by atomic mass is 10.2. The lowest BCUT2D eigenvalue weighted by Gasteiger charge is -2.21. The average molecular weight is 333 g/mol. The Hall–Kier alpha value is -2.20. The molecular weight excluding hydrogens is 312 g/mol. The molecule has 0 spiro atoms. The first kappa shape index (κ1) is 17.2. The van der Waals surface area contributed by atoms with E-state index in [1.165, 1.54) is 0 Å². The van der Waals surface area contributed by atoms with E-state index >= 15 is 0 Å². The molecule has 2 aromatic rings. The number of benzene rings is 2. The van der Waals surface area contributed by atoms with Gasteiger partial charge in [0, 0.05) is 0 Å². The molecule has 2 aromatic carbocycles. The molecule has 0 unspecified atom stereocenters. The summed E-state index contributed by atoms with van der Waals surface area (Å²) in [5, 5.41) is 4.74. The molecule has 2 rings (SSSR count). The summed E-state index contributed by atoms with van der Waals surface area (Å²) in [7, 11) is 1.58. The van der Waals surface area contributed by atoms with E-state index in [-0.39, 0.29) is 5.60 Å². The molecule has 0 radical (unpaired) electrons. The Morgan fingerprint density at radius 3 is 2.35 bits per heavy atom. The van der Waals surface area contributed by atoms with Gasteiger partial charge in [0.25, 0.3) is 0 Å². The van der Waals surface area contributed by atoms with Crippen LogP contribution in [0, 0.1) is 0 Å². The van der Waals surface area contributed by atoms with Crippen LogP contribution < -0.4 is 14.9 Å². The fourth-order valence-corrected chi connectivity index (χ4v) is 2.15. The fourth-order valence-electron chi connectivity index (χ4n) is 1.89. The third-order valence-corrected chi connectivity index (χ3v) is 3.16. The number of hydrogen-bond acceptors (Lipinski definition) is 4. The second-order valence-electron chi connectivity index (χ2n) is 6.00. The molecule has 122 valence electrons. The van der Waals surface area contributed by atoms with E-state index < -0.39 is 0 Å². The number of nitrogens with zero attached hydrogens (tertiary/aromatic N) is 1. The second-order valence-corrected chi connectivity index (χ2v) is 6.41. The average Bonchev–Trinajstić information content (AvgIpc) is 2.48. The Balaban J connectivity index is 1.96. The summed E-state index contributed by atoms with van der Waals surface area (Å²) < 4.78 is 10.9. The third-order valence-electron chi connectivity index (χ3n) is 2.86. The summed E-state index contributed by atoms with van der Waals surface area (Å²) in [5.41, 5.74) is 4.49. The molecule has 0 aliphatic rings. The second kappa shape index (κ2) is 7.38. The first-order chi connectivity index (χ1) is 10.9. The zero-order chi connectivity index (χ0) is 16.9. The van der Waals surface area contributed by atoms with Crippen LogP contribution in [0.3, 0.4) is 0 Å². The minimum atomic E-state index is -0.204. The van der Waals surface area contributed by atoms with Crippen LogP contribution in [0.5, 0.6) is 11.5 Å². The van der Waals surface area contributed by atoms with Gasteiger partial charge in [-0.25, -0.2) is 0 Å². The van der Waals surface area contributed by atoms with Gasteiger partial charge in [0.2, 0.25) is 0 Å². The van der Waals surface area contributed by atoms with Crippen molar-refractivity contribution in [3.63, 3.8) is 0 Å². The van der Waals surface area contributed by atoms with E-state index in [2.05, 4.69) is 10.5 Å². The molecule has 0 aliphatic carbocycles. The van der Waals surface area contributed by atoms with Crippen LogP contribution in [0.25, 0.3) is 0 Å². The molecule has 5 heteroatoms. The maximum atomic E-state index is 6.06. The quantitative estimate of drug-likeness (QED) is 0.620. The molecular formula is C18H21ClN2O2. The van der Waals surface area contributed by atoms with Gasteiger partial charge in [-0.2, -0.15) is 5.10 Å². The third kappa shape index (κ3) is 5.49. The molecule has 23 heavy (non-hydrogen) atoms. The monoisotopic (exact) mass is 332 g/mol. The Morgan fingerprint density at radius 2 is 1.78 bits per heavy atom. The van der Waals surface area contributed by atoms with E-state index in [1.807, 2.05) is 51.1 Å². The molecule has 0 aromatic heterocycles. The van der Waals surface area contributed by atoms with Gasteiger partial charge in [-0.15, -0.1) is 0 Å². The minimum Gasteiger partial charge on any atom is -0.495 e. The summed E-state index contributed by atoms with van der Waals surface area (Å²) in [5.74, 6) is 1.47. The van der Waals surface area contributed by atoms with Gasteiger partial charge in [-0.05, 0) is 68.8 Å². The molecule has 0 fully saturated rings. The molecule has 0 heterocycles. The maximum absolute atomic E-state index is 6.06. The molecule has 0 amide bonds. The molecule has 4 nitrogen and oxygen atoms in total. The van der Waals surface area contributed by atoms with Gasteiger partial charge >= 0.3 is 0 Å². The summed E-state index contributed by atoms with van der Waals surface area (Å²) in [6.07, 6.45) is 1.74. The molecule has 0 atom stereocenters. The lowest BCUT2D eigenvalue weighted by molar-refractivity contribution is 0.131. The van der Waals surface area contributed by atoms with E-state index in [9.17, 15) is 0 Å². The largest absolute Gasteiger partial charge is 0.495 e. The number of halogens is 1. The smallest absolute Gasteiger partial charge is 0.137 e. The normalized spacial score (nSPS) is 11.5. The van der Waals surface area contributed by atoms with Crippen molar-refractivity contribution in [1.82, 2.24) is 0 Å². The number of ether oxygens (including phenoxy) is 2. The zero-order valence-corrected chi connectivity index (χ0v) is 14.5. The van der Waals surface area contributed by atoms with Gasteiger partial charge in [-0.1, -0.05) is 11.6 Å². The Morgan fingerprint density at radius 1 is 1.09 bits per heavy atom. The van der Waals surface area contributed by atoms with Crippen LogP contribution in [0.1, 0.15) is 26.3 Å². The lowest BCUT2D eigenvalue weighted by Crippen LogP contribution is -2.22. The molecule has 0 saturated carbocycles. The van der Waals surface area contributed by atoms with Crippen LogP contribution in [0.2, 0.25) is 5.02 Å². The highest BCUT2D eigenvalue weighted by atomic mass is 35.5. The number of anilines is 1. The van der Waals surface area contributed by atoms with Crippen molar-refractivity contribution in [2.24, 2.45) is 5.10 Å². The molecule has 0 aliphatic heterocycles. The number of methoxy groups -OCH3 is 1. The summed E-state index contributed by atoms with van der Waals surface area (Å²) in [6, 6.07) is 13.2. The van der Waals surface area contributed by atoms with E-state index in [1.54, 1.807) is 25.5 Å². The van der Waals surface area contributed by atoms with Crippen LogP contribution in [0.15, 0.2) is 47.6 Å². The van der Waals surface area contributed by atoms with Gasteiger partial charge in [0.15, 0.2) is 0 Å². The van der Waals surface area contributed by atoms with Crippen LogP contribution in [-0.4, -0.2) is 18.9 Å². The van der Waals surface area contributed by atoms with Crippen LogP contribution in [-0.2, 0) is 0 Å². The van der Waals surface area contributed by atoms with Crippen molar-refractivity contribution in [3.8, 4) is 11.5 Å². The van der Waals surface area contributed by atoms with Crippen LogP contribution in [0.4, 0.5) is 5.69 Å². The summed E-state index contributed by atoms with van der Waals surface area (Å²) in [4.78, 5) is 0. The van der Waals surface area contributed by atoms with Crippen molar-refractivity contribution in [2.75, 3.05) is 12.5 Å². The predicted octanol–water partition coefficient (Wildman–Crippen LogP) is 4.97. The minimum absolute atomic E-state index is 0.204. The SMILES string of the molecule is COc1ccc(N/N=C/c2ccc(OC(C)(C)C)cc2)cc1Cl. The standard InChI is InChI=1S/C18H21ClN2O2/c1-18(2,3)23-15-8-5-13(6-9-15)12-20-21-14-7-10-17(22-4)16(19)11-14/h5-12,21H,1-4H3/b20-12+. The molecule has 0 bridgehead atoms. The molecule has 1 N–H and O–H groups in total. The van der Waals surface area contributed by atoms with Gasteiger partial charge in [0.05, 0.1) is 24.0 Å². The topological polar surface area (TPSA) is 42.8 Å². The zero-order valence-electron chi connectivity index (χ0n) is 13.8. The van der Waals surface area contributed by atoms with Crippen molar-refractivity contribution >= 4 is 23.5 Å². The highest BCUT2D eigenvalue weighted by Crippen LogP contribution is 2.27. The maximum Gasteiger partial charge on any atom is 0.137 e. The van der Waals surface area contributed by atoms with E-state index in [0.717, 1.165) is 17.0 Å². The first-order valence-corrected chi connectivity index (χ1v) is 7.67. The highest BCUT2D eigenvalue weighted by molar-refractivity contribution is 6.32. The molecule has 0 saturated heterocycles. The van der Waals surface area contributed by atoms with Crippen molar-refractivity contribution in [3.05, 3.63) is 53.1 Å². The van der Waals surface area contributed by atoms with Crippen molar-refractivity contribution < 1.29 is 9.47 Å². The summed E-state index contributed by atoms with van der Waals surface area (Å²) in [6.45, 7) is 6.06. The highest BCUT2D eigenvalue weighted by Gasteiger charge is 2.11. The number of hydrogen-bond donors (Lipinski definition) is 1. The predicted molar refractivity (Wildman–Crippen MR) is 96.0 cm³/mol. The van der Waals surface area contributed by atoms with Gasteiger partial charge in [0.1, 0.15) is 17.1 Å². The van der Waals surface area contributed by atoms with Gasteiger partial charge in [-0.3, -0.25) is 5.43 Å². The number of nitrogens with one attached hydrogen (secondary N) is 1. The van der Waals surface area contributed by atoms with Crippen molar-refractivity contribution in [2.45, 2.75) is 26.4 Å². The van der Waals surface area contributed by atoms with E-state index in [0.29, 0.717) is 10.8 Å². The Bertz CT molecular complexity index is 676. The first-order valence-electron chi connectivity index (χ1n) is 7.29. The Labute approximate surface area is 142 Å². The van der Waals surface area contributed by atoms with Gasteiger partial charge < -0.3 is 9.47 Å². The van der Waals surface area contributed by atoms with Crippen LogP contribution >= 0.6 is 11.6 Å². The number of hydrazone groups is 1. The summed E-state index contributed by atoms with van der Waals surface area (Å²) >= 11 is 6.06.